The first-order valence-corrected chi connectivity index (χ1v) is 19.9. The quantitative estimate of drug-likeness (QED) is 0.172. The molecule has 4 heteroatoms. The van der Waals surface area contributed by atoms with Gasteiger partial charge in [-0.05, 0) is 102 Å². The summed E-state index contributed by atoms with van der Waals surface area (Å²) in [4.78, 5) is 2.42. The highest BCUT2D eigenvalue weighted by molar-refractivity contribution is 7.25. The van der Waals surface area contributed by atoms with Gasteiger partial charge in [-0.1, -0.05) is 109 Å². The number of benzene rings is 9. The molecule has 0 radical (unpaired) electrons. The van der Waals surface area contributed by atoms with Crippen molar-refractivity contribution in [1.29, 1.82) is 0 Å². The third-order valence-corrected chi connectivity index (χ3v) is 12.6. The minimum absolute atomic E-state index is 1.10. The number of rotatable bonds is 5. The first-order valence-electron chi connectivity index (χ1n) is 19.1. The molecule has 0 atom stereocenters. The van der Waals surface area contributed by atoms with Crippen molar-refractivity contribution in [2.24, 2.45) is 0 Å². The molecule has 0 unspecified atom stereocenters. The monoisotopic (exact) mass is 731 g/mol. The molecule has 0 spiro atoms. The third kappa shape index (κ3) is 4.63. The molecule has 9 aromatic carbocycles. The SMILES string of the molecule is c1ccc(-n2c3ccccc3c3cc(N(c4ccc(-n5c6ccccc6c6c7ccccc7ccc65)cc4)c4ccc5c(c4)sc4ccccc45)ccc32)cc1. The van der Waals surface area contributed by atoms with Crippen LogP contribution in [0.25, 0.3) is 85.9 Å². The smallest absolute Gasteiger partial charge is 0.0547 e. The fourth-order valence-electron chi connectivity index (χ4n) is 9.02. The zero-order chi connectivity index (χ0) is 36.7. The molecule has 0 amide bonds. The van der Waals surface area contributed by atoms with E-state index in [-0.39, 0.29) is 0 Å². The first-order chi connectivity index (χ1) is 27.8. The molecule has 0 aliphatic rings. The number of anilines is 3. The van der Waals surface area contributed by atoms with Gasteiger partial charge in [0.15, 0.2) is 0 Å². The average Bonchev–Trinajstić information content (AvgIpc) is 3.92. The van der Waals surface area contributed by atoms with E-state index in [4.69, 9.17) is 0 Å². The van der Waals surface area contributed by atoms with Gasteiger partial charge in [0.1, 0.15) is 0 Å². The summed E-state index contributed by atoms with van der Waals surface area (Å²) in [6.45, 7) is 0. The Bertz CT molecular complexity index is 3480. The second-order valence-electron chi connectivity index (χ2n) is 14.6. The van der Waals surface area contributed by atoms with E-state index in [1.807, 2.05) is 11.3 Å². The van der Waals surface area contributed by atoms with Gasteiger partial charge in [0.05, 0.1) is 22.1 Å². The predicted molar refractivity (Wildman–Crippen MR) is 240 cm³/mol. The Hall–Kier alpha value is -7.14. The fourth-order valence-corrected chi connectivity index (χ4v) is 10.2. The molecule has 0 aliphatic heterocycles. The molecule has 12 aromatic rings. The van der Waals surface area contributed by atoms with E-state index in [0.717, 1.165) is 28.4 Å². The zero-order valence-electron chi connectivity index (χ0n) is 30.3. The summed E-state index contributed by atoms with van der Waals surface area (Å²) in [5, 5.41) is 10.2. The lowest BCUT2D eigenvalue weighted by Crippen LogP contribution is -2.10. The number of aromatic nitrogens is 2. The van der Waals surface area contributed by atoms with E-state index >= 15 is 0 Å². The topological polar surface area (TPSA) is 13.1 Å². The van der Waals surface area contributed by atoms with Crippen LogP contribution in [0.1, 0.15) is 0 Å². The van der Waals surface area contributed by atoms with E-state index in [0.29, 0.717) is 0 Å². The molecule has 0 N–H and O–H groups in total. The predicted octanol–water partition coefficient (Wildman–Crippen LogP) is 14.9. The van der Waals surface area contributed by atoms with Crippen molar-refractivity contribution < 1.29 is 0 Å². The van der Waals surface area contributed by atoms with Gasteiger partial charge in [-0.3, -0.25) is 0 Å². The van der Waals surface area contributed by atoms with E-state index in [2.05, 4.69) is 214 Å². The Kier molecular flexibility index (Phi) is 6.80. The van der Waals surface area contributed by atoms with Crippen LogP contribution in [0.15, 0.2) is 200 Å². The molecule has 0 saturated heterocycles. The minimum atomic E-state index is 1.10. The molecule has 12 rings (SSSR count). The van der Waals surface area contributed by atoms with Crippen molar-refractivity contribution in [3.8, 4) is 11.4 Å². The van der Waals surface area contributed by atoms with E-state index in [1.54, 1.807) is 0 Å². The molecule has 56 heavy (non-hydrogen) atoms. The van der Waals surface area contributed by atoms with Gasteiger partial charge in [0.2, 0.25) is 0 Å². The second kappa shape index (κ2) is 12.2. The van der Waals surface area contributed by atoms with E-state index in [1.165, 1.54) is 74.6 Å². The van der Waals surface area contributed by atoms with Crippen molar-refractivity contribution in [2.45, 2.75) is 0 Å². The van der Waals surface area contributed by atoms with Gasteiger partial charge in [0.25, 0.3) is 0 Å². The molecule has 0 saturated carbocycles. The summed E-state index contributed by atoms with van der Waals surface area (Å²) in [6.07, 6.45) is 0. The van der Waals surface area contributed by atoms with Gasteiger partial charge in [-0.15, -0.1) is 11.3 Å². The summed E-state index contributed by atoms with van der Waals surface area (Å²) in [6, 6.07) is 73.2. The van der Waals surface area contributed by atoms with E-state index in [9.17, 15) is 0 Å². The Labute approximate surface area is 327 Å². The number of hydrogen-bond donors (Lipinski definition) is 0. The van der Waals surface area contributed by atoms with Crippen LogP contribution in [-0.4, -0.2) is 9.13 Å². The van der Waals surface area contributed by atoms with Gasteiger partial charge >= 0.3 is 0 Å². The summed E-state index contributed by atoms with van der Waals surface area (Å²) in [5.74, 6) is 0. The molecular formula is C52H33N3S. The minimum Gasteiger partial charge on any atom is -0.310 e. The molecule has 262 valence electrons. The van der Waals surface area contributed by atoms with Crippen LogP contribution in [0.5, 0.6) is 0 Å². The van der Waals surface area contributed by atoms with Crippen molar-refractivity contribution in [2.75, 3.05) is 4.90 Å². The largest absolute Gasteiger partial charge is 0.310 e. The van der Waals surface area contributed by atoms with Crippen LogP contribution >= 0.6 is 11.3 Å². The Morgan fingerprint density at radius 3 is 1.71 bits per heavy atom. The zero-order valence-corrected chi connectivity index (χ0v) is 31.1. The average molecular weight is 732 g/mol. The summed E-state index contributed by atoms with van der Waals surface area (Å²) >= 11 is 1.86. The molecule has 0 bridgehead atoms. The maximum atomic E-state index is 2.42. The highest BCUT2D eigenvalue weighted by atomic mass is 32.1. The number of nitrogens with zero attached hydrogens (tertiary/aromatic N) is 3. The summed E-state index contributed by atoms with van der Waals surface area (Å²) in [5.41, 5.74) is 10.5. The van der Waals surface area contributed by atoms with E-state index < -0.39 is 0 Å². The van der Waals surface area contributed by atoms with Crippen LogP contribution in [-0.2, 0) is 0 Å². The lowest BCUT2D eigenvalue weighted by Gasteiger charge is -2.26. The lowest BCUT2D eigenvalue weighted by molar-refractivity contribution is 1.17. The fraction of sp³-hybridized carbons (Fsp3) is 0. The van der Waals surface area contributed by atoms with Crippen LogP contribution in [0.4, 0.5) is 17.1 Å². The second-order valence-corrected chi connectivity index (χ2v) is 15.6. The van der Waals surface area contributed by atoms with Crippen molar-refractivity contribution in [3.05, 3.63) is 200 Å². The highest BCUT2D eigenvalue weighted by Gasteiger charge is 2.20. The molecule has 3 nitrogen and oxygen atoms in total. The number of para-hydroxylation sites is 3. The number of hydrogen-bond acceptors (Lipinski definition) is 2. The molecule has 0 fully saturated rings. The Morgan fingerprint density at radius 1 is 0.321 bits per heavy atom. The lowest BCUT2D eigenvalue weighted by atomic mass is 10.0. The van der Waals surface area contributed by atoms with Crippen molar-refractivity contribution >= 4 is 103 Å². The van der Waals surface area contributed by atoms with Crippen LogP contribution in [0.3, 0.4) is 0 Å². The van der Waals surface area contributed by atoms with Gasteiger partial charge < -0.3 is 14.0 Å². The van der Waals surface area contributed by atoms with Gasteiger partial charge in [0, 0.05) is 70.2 Å². The third-order valence-electron chi connectivity index (χ3n) is 11.5. The molecular weight excluding hydrogens is 699 g/mol. The maximum absolute atomic E-state index is 2.42. The van der Waals surface area contributed by atoms with Gasteiger partial charge in [-0.2, -0.15) is 0 Å². The molecule has 3 aromatic heterocycles. The molecule has 0 aliphatic carbocycles. The Balaban J connectivity index is 1.06. The normalized spacial score (nSPS) is 11.9. The maximum Gasteiger partial charge on any atom is 0.0547 e. The van der Waals surface area contributed by atoms with Crippen LogP contribution in [0.2, 0.25) is 0 Å². The van der Waals surface area contributed by atoms with Gasteiger partial charge in [-0.25, -0.2) is 0 Å². The summed E-state index contributed by atoms with van der Waals surface area (Å²) in [7, 11) is 0. The highest BCUT2D eigenvalue weighted by Crippen LogP contribution is 2.44. The number of thiophene rings is 1. The van der Waals surface area contributed by atoms with Crippen LogP contribution in [0, 0.1) is 0 Å². The standard InChI is InChI=1S/C52H33N3S/c1-2-13-35(14-3-1)54-46-19-9-6-16-41(46)45-32-38(28-31-48(45)54)53(39-27-29-43-42-17-8-11-21-50(42)56-51(43)33-39)36-23-25-37(26-24-36)55-47-20-10-7-18-44(47)52-40-15-5-4-12-34(40)22-30-49(52)55/h1-33H. The molecule has 3 heterocycles. The van der Waals surface area contributed by atoms with Crippen LogP contribution < -0.4 is 4.90 Å². The van der Waals surface area contributed by atoms with Crippen molar-refractivity contribution in [1.82, 2.24) is 9.13 Å². The number of fused-ring (bicyclic) bond motifs is 11. The summed E-state index contributed by atoms with van der Waals surface area (Å²) < 4.78 is 7.39. The first kappa shape index (κ1) is 31.2. The Morgan fingerprint density at radius 2 is 0.875 bits per heavy atom. The van der Waals surface area contributed by atoms with Crippen molar-refractivity contribution in [3.63, 3.8) is 0 Å².